The van der Waals surface area contributed by atoms with Gasteiger partial charge in [0, 0.05) is 67.8 Å². The predicted octanol–water partition coefficient (Wildman–Crippen LogP) is 22.0. The number of fused-ring (bicyclic) bond motifs is 17. The summed E-state index contributed by atoms with van der Waals surface area (Å²) in [5.74, 6) is 1.10. The molecule has 2 heterocycles. The topological polar surface area (TPSA) is 32.8 Å². The summed E-state index contributed by atoms with van der Waals surface area (Å²) in [5.41, 5.74) is 23.0. The van der Waals surface area contributed by atoms with Crippen LogP contribution in [0.4, 0.5) is 34.1 Å². The Morgan fingerprint density at radius 3 is 1.31 bits per heavy atom. The van der Waals surface area contributed by atoms with Crippen molar-refractivity contribution in [2.45, 2.75) is 81.5 Å². The molecule has 11 aromatic carbocycles. The second kappa shape index (κ2) is 18.5. The molecule has 4 heteroatoms. The van der Waals surface area contributed by atoms with E-state index in [1.165, 1.54) is 152 Å². The molecule has 0 bridgehead atoms. The molecule has 17 rings (SSSR count). The Morgan fingerprint density at radius 2 is 0.753 bits per heavy atom. The Labute approximate surface area is 472 Å². The van der Waals surface area contributed by atoms with Gasteiger partial charge < -0.3 is 18.6 Å². The van der Waals surface area contributed by atoms with Gasteiger partial charge in [0.25, 0.3) is 0 Å². The van der Waals surface area contributed by atoms with Crippen LogP contribution in [0.2, 0.25) is 0 Å². The van der Waals surface area contributed by atoms with E-state index in [-0.39, 0.29) is 0 Å². The van der Waals surface area contributed by atoms with Crippen molar-refractivity contribution in [3.8, 4) is 22.3 Å². The van der Waals surface area contributed by atoms with Crippen LogP contribution in [0.25, 0.3) is 76.9 Å². The van der Waals surface area contributed by atoms with E-state index in [2.05, 4.69) is 240 Å². The summed E-state index contributed by atoms with van der Waals surface area (Å²) in [4.78, 5) is 4.83. The Morgan fingerprint density at radius 1 is 0.296 bits per heavy atom. The number of nitrogens with zero attached hydrogens (tertiary/aromatic N) is 2. The van der Waals surface area contributed by atoms with Crippen LogP contribution < -0.4 is 9.80 Å². The van der Waals surface area contributed by atoms with Crippen molar-refractivity contribution in [3.05, 3.63) is 264 Å². The van der Waals surface area contributed by atoms with Crippen LogP contribution in [0.1, 0.15) is 109 Å². The second-order valence-corrected chi connectivity index (χ2v) is 23.5. The highest BCUT2D eigenvalue weighted by atomic mass is 16.3. The maximum absolute atomic E-state index is 7.00. The molecule has 4 nitrogen and oxygen atoms in total. The minimum Gasteiger partial charge on any atom is -0.456 e. The zero-order valence-electron chi connectivity index (χ0n) is 45.4. The molecule has 0 N–H and O–H groups in total. The first-order valence-corrected chi connectivity index (χ1v) is 29.7. The molecule has 4 aliphatic carbocycles. The third-order valence-corrected chi connectivity index (χ3v) is 19.2. The van der Waals surface area contributed by atoms with E-state index in [0.29, 0.717) is 11.8 Å². The van der Waals surface area contributed by atoms with E-state index in [1.54, 1.807) is 0 Å². The van der Waals surface area contributed by atoms with Crippen LogP contribution in [0.3, 0.4) is 0 Å². The minimum absolute atomic E-state index is 0.546. The lowest BCUT2D eigenvalue weighted by molar-refractivity contribution is 0.442. The largest absolute Gasteiger partial charge is 0.456 e. The van der Waals surface area contributed by atoms with Crippen molar-refractivity contribution in [2.24, 2.45) is 0 Å². The van der Waals surface area contributed by atoms with Gasteiger partial charge in [0.05, 0.1) is 5.41 Å². The summed E-state index contributed by atoms with van der Waals surface area (Å²) >= 11 is 0. The highest BCUT2D eigenvalue weighted by molar-refractivity contribution is 6.09. The Kier molecular flexibility index (Phi) is 10.7. The smallest absolute Gasteiger partial charge is 0.138 e. The third kappa shape index (κ3) is 7.15. The summed E-state index contributed by atoms with van der Waals surface area (Å²) in [7, 11) is 0. The lowest BCUT2D eigenvalue weighted by Crippen LogP contribution is -2.26. The van der Waals surface area contributed by atoms with E-state index in [9.17, 15) is 0 Å². The first kappa shape index (κ1) is 46.8. The normalized spacial score (nSPS) is 15.7. The van der Waals surface area contributed by atoms with Gasteiger partial charge in [-0.1, -0.05) is 172 Å². The molecule has 81 heavy (non-hydrogen) atoms. The zero-order chi connectivity index (χ0) is 53.2. The Hall–Kier alpha value is -9.12. The van der Waals surface area contributed by atoms with E-state index >= 15 is 0 Å². The fraction of sp³-hybridized carbons (Fsp3) is 0.169. The molecular formula is C77H60N2O2. The Balaban J connectivity index is 0.831. The number of hydrogen-bond acceptors (Lipinski definition) is 4. The molecule has 2 fully saturated rings. The van der Waals surface area contributed by atoms with Gasteiger partial charge in [-0.2, -0.15) is 0 Å². The number of anilines is 6. The van der Waals surface area contributed by atoms with Gasteiger partial charge >= 0.3 is 0 Å². The molecule has 2 aromatic heterocycles. The zero-order valence-corrected chi connectivity index (χ0v) is 45.4. The molecule has 0 unspecified atom stereocenters. The van der Waals surface area contributed by atoms with E-state index < -0.39 is 5.41 Å². The van der Waals surface area contributed by atoms with E-state index in [4.69, 9.17) is 8.83 Å². The molecule has 0 amide bonds. The fourth-order valence-electron chi connectivity index (χ4n) is 15.5. The molecule has 0 saturated heterocycles. The quantitative estimate of drug-likeness (QED) is 0.152. The predicted molar refractivity (Wildman–Crippen MR) is 336 cm³/mol. The maximum Gasteiger partial charge on any atom is 0.138 e. The molecule has 2 saturated carbocycles. The van der Waals surface area contributed by atoms with Crippen LogP contribution >= 0.6 is 0 Å². The molecule has 1 spiro atoms. The van der Waals surface area contributed by atoms with Crippen molar-refractivity contribution >= 4 is 88.8 Å². The summed E-state index contributed by atoms with van der Waals surface area (Å²) in [6, 6.07) is 86.5. The molecule has 390 valence electrons. The fourth-order valence-corrected chi connectivity index (χ4v) is 15.5. The number of hydrogen-bond donors (Lipinski definition) is 0. The molecule has 0 atom stereocenters. The molecule has 13 aromatic rings. The summed E-state index contributed by atoms with van der Waals surface area (Å²) in [5, 5.41) is 7.15. The SMILES string of the molecule is c1ccc(N(c2ccc3c(c2)C2(c4ccccc4-c4ccccc42)c2cc4cc(N(c5ccccc5)c5ccc6c(c5)oc5c(C7CCCCC7)cccc56)ccc4cc2-3)c2ccc3c(c2)oc2c(C4CCCCC4)cccc23)cc1. The molecule has 0 radical (unpaired) electrons. The van der Waals surface area contributed by atoms with Crippen molar-refractivity contribution in [1.29, 1.82) is 0 Å². The molecular weight excluding hydrogens is 985 g/mol. The van der Waals surface area contributed by atoms with Crippen molar-refractivity contribution in [3.63, 3.8) is 0 Å². The van der Waals surface area contributed by atoms with Crippen molar-refractivity contribution < 1.29 is 8.83 Å². The van der Waals surface area contributed by atoms with Gasteiger partial charge in [0.2, 0.25) is 0 Å². The number of rotatable bonds is 8. The molecule has 0 aliphatic heterocycles. The van der Waals surface area contributed by atoms with Crippen LogP contribution in [0.5, 0.6) is 0 Å². The van der Waals surface area contributed by atoms with E-state index in [1.807, 2.05) is 0 Å². The van der Waals surface area contributed by atoms with Gasteiger partial charge in [0.1, 0.15) is 22.3 Å². The molecule has 4 aliphatic rings. The maximum atomic E-state index is 7.00. The standard InChI is InChI=1S/C77H60N2O2/c1-5-19-49(20-6-1)59-29-17-31-66-64-41-38-57(47-73(64)80-75(59)66)78(53-23-9-3-10-24-53)55-36-35-51-44-68-63-40-37-56(46-72(63)77(71(68)45-52(51)43-55)69-33-15-13-27-61(69)62-28-14-16-34-70(62)77)79(54-25-11-4-12-26-54)58-39-42-65-67-32-18-30-60(50-21-7-2-8-22-50)76(67)81-74(65)48-58/h3-4,9-18,23-50H,1-2,5-8,19-22H2. The van der Waals surface area contributed by atoms with Gasteiger partial charge in [-0.15, -0.1) is 0 Å². The number of benzene rings is 11. The second-order valence-electron chi connectivity index (χ2n) is 23.5. The van der Waals surface area contributed by atoms with Crippen molar-refractivity contribution in [1.82, 2.24) is 0 Å². The van der Waals surface area contributed by atoms with Crippen molar-refractivity contribution in [2.75, 3.05) is 9.80 Å². The van der Waals surface area contributed by atoms with Gasteiger partial charge in [-0.25, -0.2) is 0 Å². The average molecular weight is 1050 g/mol. The van der Waals surface area contributed by atoms with Gasteiger partial charge in [-0.3, -0.25) is 0 Å². The van der Waals surface area contributed by atoms with Crippen LogP contribution in [0.15, 0.2) is 239 Å². The Bertz CT molecular complexity index is 4580. The lowest BCUT2D eigenvalue weighted by Gasteiger charge is -2.32. The average Bonchev–Trinajstić information content (AvgIpc) is 2.02. The lowest BCUT2D eigenvalue weighted by atomic mass is 9.70. The van der Waals surface area contributed by atoms with Crippen LogP contribution in [-0.2, 0) is 5.41 Å². The minimum atomic E-state index is -0.583. The summed E-state index contributed by atoms with van der Waals surface area (Å²) in [6.07, 6.45) is 12.7. The van der Waals surface area contributed by atoms with Gasteiger partial charge in [-0.05, 0) is 189 Å². The van der Waals surface area contributed by atoms with Crippen LogP contribution in [0, 0.1) is 0 Å². The first-order chi connectivity index (χ1) is 40.2. The summed E-state index contributed by atoms with van der Waals surface area (Å²) < 4.78 is 14.0. The highest BCUT2D eigenvalue weighted by Crippen LogP contribution is 2.64. The van der Waals surface area contributed by atoms with Gasteiger partial charge in [0.15, 0.2) is 0 Å². The number of para-hydroxylation sites is 4. The highest BCUT2D eigenvalue weighted by Gasteiger charge is 2.52. The van der Waals surface area contributed by atoms with E-state index in [0.717, 1.165) is 56.5 Å². The van der Waals surface area contributed by atoms with Crippen LogP contribution in [-0.4, -0.2) is 0 Å². The summed E-state index contributed by atoms with van der Waals surface area (Å²) in [6.45, 7) is 0. The first-order valence-electron chi connectivity index (χ1n) is 29.7. The third-order valence-electron chi connectivity index (χ3n) is 19.2. The monoisotopic (exact) mass is 1040 g/mol. The number of furan rings is 2.